The summed E-state index contributed by atoms with van der Waals surface area (Å²) in [6, 6.07) is 1.55. The molecule has 1 heterocycles. The van der Waals surface area contributed by atoms with Crippen LogP contribution in [0.1, 0.15) is 41.9 Å². The second kappa shape index (κ2) is 5.08. The molecule has 1 aromatic heterocycles. The van der Waals surface area contributed by atoms with Crippen LogP contribution in [0.15, 0.2) is 33.3 Å². The summed E-state index contributed by atoms with van der Waals surface area (Å²) in [7, 11) is 0. The molecule has 0 amide bonds. The Hall–Kier alpha value is -2.86. The molecule has 0 spiro atoms. The van der Waals surface area contributed by atoms with Gasteiger partial charge in [0.15, 0.2) is 22.9 Å². The van der Waals surface area contributed by atoms with Crippen molar-refractivity contribution in [3.05, 3.63) is 45.7 Å². The van der Waals surface area contributed by atoms with E-state index in [2.05, 4.69) is 0 Å². The number of rotatable bonds is 1. The third-order valence-electron chi connectivity index (χ3n) is 5.59. The molecule has 2 aliphatic carbocycles. The number of furan rings is 1. The van der Waals surface area contributed by atoms with Crippen LogP contribution in [-0.2, 0) is 10.2 Å². The highest BCUT2D eigenvalue weighted by Gasteiger charge is 2.48. The van der Waals surface area contributed by atoms with E-state index in [4.69, 9.17) is 4.42 Å². The lowest BCUT2D eigenvalue weighted by molar-refractivity contribution is -0.116. The van der Waals surface area contributed by atoms with E-state index in [-0.39, 0.29) is 45.8 Å². The zero-order valence-electron chi connectivity index (χ0n) is 14.6. The highest BCUT2D eigenvalue weighted by molar-refractivity contribution is 6.16. The molecule has 0 fully saturated rings. The third kappa shape index (κ3) is 1.85. The second-order valence-electron chi connectivity index (χ2n) is 7.16. The number of phenolic OH excluding ortho intramolecular Hbond substituents is 2. The van der Waals surface area contributed by atoms with E-state index in [1.54, 1.807) is 26.8 Å². The zero-order chi connectivity index (χ0) is 19.0. The van der Waals surface area contributed by atoms with Gasteiger partial charge in [-0.2, -0.15) is 0 Å². The number of aryl methyl sites for hydroxylation is 1. The fraction of sp³-hybridized carbons (Fsp3) is 0.300. The number of allylic oxidation sites excluding steroid dienone is 2. The van der Waals surface area contributed by atoms with E-state index in [0.717, 1.165) is 0 Å². The van der Waals surface area contributed by atoms with Crippen molar-refractivity contribution >= 4 is 22.5 Å². The van der Waals surface area contributed by atoms with Crippen LogP contribution in [0.2, 0.25) is 0 Å². The van der Waals surface area contributed by atoms with Gasteiger partial charge in [-0.3, -0.25) is 9.59 Å². The minimum absolute atomic E-state index is 0.0205. The van der Waals surface area contributed by atoms with Crippen molar-refractivity contribution < 1.29 is 29.3 Å². The van der Waals surface area contributed by atoms with Crippen molar-refractivity contribution in [1.29, 1.82) is 0 Å². The van der Waals surface area contributed by atoms with Crippen molar-refractivity contribution in [2.24, 2.45) is 0 Å². The molecule has 0 radical (unpaired) electrons. The molecule has 134 valence electrons. The Labute approximate surface area is 149 Å². The Kier molecular flexibility index (Phi) is 3.24. The van der Waals surface area contributed by atoms with Gasteiger partial charge in [-0.25, -0.2) is 0 Å². The number of aliphatic hydroxyl groups excluding tert-OH is 1. The van der Waals surface area contributed by atoms with Gasteiger partial charge in [-0.05, 0) is 42.7 Å². The highest BCUT2D eigenvalue weighted by Crippen LogP contribution is 2.55. The molecule has 2 aliphatic rings. The molecule has 1 unspecified atom stereocenters. The number of phenols is 2. The van der Waals surface area contributed by atoms with Crippen LogP contribution in [0.25, 0.3) is 11.0 Å². The first kappa shape index (κ1) is 16.6. The molecule has 4 rings (SSSR count). The summed E-state index contributed by atoms with van der Waals surface area (Å²) in [6.45, 7) is 4.62. The average molecular weight is 354 g/mol. The number of carbonyl (C=O) groups excluding carboxylic acids is 2. The van der Waals surface area contributed by atoms with Crippen LogP contribution >= 0.6 is 0 Å². The maximum atomic E-state index is 12.8. The molecule has 6 nitrogen and oxygen atoms in total. The van der Waals surface area contributed by atoms with Crippen LogP contribution in [0.4, 0.5) is 0 Å². The molecule has 1 atom stereocenters. The molecule has 0 saturated heterocycles. The van der Waals surface area contributed by atoms with Crippen LogP contribution < -0.4 is 0 Å². The number of ketones is 2. The van der Waals surface area contributed by atoms with Crippen molar-refractivity contribution in [2.45, 2.75) is 32.6 Å². The van der Waals surface area contributed by atoms with Crippen LogP contribution in [0, 0.1) is 6.92 Å². The number of carbonyl (C=O) groups is 2. The summed E-state index contributed by atoms with van der Waals surface area (Å²) < 4.78 is 5.52. The topological polar surface area (TPSA) is 108 Å². The lowest BCUT2D eigenvalue weighted by atomic mass is 9.60. The van der Waals surface area contributed by atoms with E-state index in [1.165, 1.54) is 6.08 Å². The predicted molar refractivity (Wildman–Crippen MR) is 93.5 cm³/mol. The minimum atomic E-state index is -1.05. The highest BCUT2D eigenvalue weighted by atomic mass is 16.4. The molecule has 0 bridgehead atoms. The Morgan fingerprint density at radius 2 is 1.88 bits per heavy atom. The maximum Gasteiger partial charge on any atom is 0.190 e. The minimum Gasteiger partial charge on any atom is -0.506 e. The van der Waals surface area contributed by atoms with Gasteiger partial charge >= 0.3 is 0 Å². The first-order chi connectivity index (χ1) is 12.2. The van der Waals surface area contributed by atoms with Gasteiger partial charge in [0.1, 0.15) is 11.5 Å². The fourth-order valence-electron chi connectivity index (χ4n) is 4.26. The van der Waals surface area contributed by atoms with Crippen molar-refractivity contribution in [1.82, 2.24) is 0 Å². The lowest BCUT2D eigenvalue weighted by Crippen LogP contribution is -2.39. The molecular weight excluding hydrogens is 336 g/mol. The van der Waals surface area contributed by atoms with E-state index in [1.807, 2.05) is 0 Å². The zero-order valence-corrected chi connectivity index (χ0v) is 14.6. The van der Waals surface area contributed by atoms with Crippen LogP contribution in [0.3, 0.4) is 0 Å². The van der Waals surface area contributed by atoms with Gasteiger partial charge in [0.25, 0.3) is 0 Å². The summed E-state index contributed by atoms with van der Waals surface area (Å²) >= 11 is 0. The maximum absolute atomic E-state index is 12.8. The number of benzene rings is 1. The Bertz CT molecular complexity index is 1080. The van der Waals surface area contributed by atoms with Crippen molar-refractivity contribution in [3.63, 3.8) is 0 Å². The summed E-state index contributed by atoms with van der Waals surface area (Å²) in [4.78, 5) is 25.3. The number of fused-ring (bicyclic) bond motifs is 4. The number of hydrogen-bond donors (Lipinski definition) is 3. The SMILES string of the molecule is CC1=C(CO)C2=CC(=O)c3c(c(O)c4oc(C)cc4c3O)C2(C)CC1=O. The van der Waals surface area contributed by atoms with Gasteiger partial charge in [0.05, 0.1) is 17.6 Å². The second-order valence-corrected chi connectivity index (χ2v) is 7.16. The first-order valence-electron chi connectivity index (χ1n) is 8.30. The largest absolute Gasteiger partial charge is 0.506 e. The molecule has 0 aliphatic heterocycles. The number of hydrogen-bond acceptors (Lipinski definition) is 6. The summed E-state index contributed by atoms with van der Waals surface area (Å²) in [5.74, 6) is -0.703. The van der Waals surface area contributed by atoms with E-state index < -0.39 is 17.8 Å². The van der Waals surface area contributed by atoms with Gasteiger partial charge < -0.3 is 19.7 Å². The fourth-order valence-corrected chi connectivity index (χ4v) is 4.26. The van der Waals surface area contributed by atoms with Crippen LogP contribution in [0.5, 0.6) is 11.5 Å². The Morgan fingerprint density at radius 1 is 1.19 bits per heavy atom. The third-order valence-corrected chi connectivity index (χ3v) is 5.59. The van der Waals surface area contributed by atoms with Gasteiger partial charge in [0.2, 0.25) is 0 Å². The standard InChI is InChI=1S/C20H18O6/c1-8-4-10-17(24)15-13(22)5-12-11(7-21)9(2)14(23)6-20(12,3)16(15)18(25)19(10)26-8/h4-5,21,24-25H,6-7H2,1-3H3. The summed E-state index contributed by atoms with van der Waals surface area (Å²) in [5, 5.41) is 31.6. The summed E-state index contributed by atoms with van der Waals surface area (Å²) in [5.41, 5.74) is 0.473. The summed E-state index contributed by atoms with van der Waals surface area (Å²) in [6.07, 6.45) is 1.37. The van der Waals surface area contributed by atoms with E-state index in [0.29, 0.717) is 22.5 Å². The van der Waals surface area contributed by atoms with Crippen LogP contribution in [-0.4, -0.2) is 33.5 Å². The quantitative estimate of drug-likeness (QED) is 0.680. The smallest absolute Gasteiger partial charge is 0.190 e. The van der Waals surface area contributed by atoms with Gasteiger partial charge in [0, 0.05) is 17.4 Å². The van der Waals surface area contributed by atoms with E-state index >= 15 is 0 Å². The Morgan fingerprint density at radius 3 is 2.54 bits per heavy atom. The molecule has 26 heavy (non-hydrogen) atoms. The van der Waals surface area contributed by atoms with Gasteiger partial charge in [-0.15, -0.1) is 0 Å². The normalized spacial score (nSPS) is 22.5. The lowest BCUT2D eigenvalue weighted by Gasteiger charge is -2.41. The molecule has 2 aromatic rings. The van der Waals surface area contributed by atoms with Gasteiger partial charge in [-0.1, -0.05) is 6.92 Å². The molecular formula is C20H18O6. The number of Topliss-reactive ketones (excluding diaryl/α,β-unsaturated/α-hetero) is 1. The van der Waals surface area contributed by atoms with E-state index in [9.17, 15) is 24.9 Å². The monoisotopic (exact) mass is 354 g/mol. The number of aromatic hydroxyl groups is 2. The Balaban J connectivity index is 2.15. The number of aliphatic hydroxyl groups is 1. The molecule has 6 heteroatoms. The average Bonchev–Trinajstić information content (AvgIpc) is 2.97. The van der Waals surface area contributed by atoms with Crippen molar-refractivity contribution in [3.8, 4) is 11.5 Å². The predicted octanol–water partition coefficient (Wildman–Crippen LogP) is 2.81. The molecule has 1 aromatic carbocycles. The molecule has 0 saturated carbocycles. The van der Waals surface area contributed by atoms with Crippen molar-refractivity contribution in [2.75, 3.05) is 6.61 Å². The molecule has 3 N–H and O–H groups in total. The first-order valence-corrected chi connectivity index (χ1v) is 8.30.